The lowest BCUT2D eigenvalue weighted by Crippen LogP contribution is -2.46. The first-order valence-corrected chi connectivity index (χ1v) is 9.76. The molecule has 1 aromatic heterocycles. The number of hydrogen-bond donors (Lipinski definition) is 0. The van der Waals surface area contributed by atoms with Crippen LogP contribution < -0.4 is 0 Å². The van der Waals surface area contributed by atoms with Gasteiger partial charge in [-0.15, -0.1) is 0 Å². The van der Waals surface area contributed by atoms with Crippen LogP contribution in [0, 0.1) is 6.92 Å². The van der Waals surface area contributed by atoms with Crippen molar-refractivity contribution in [2.75, 3.05) is 13.7 Å². The molecule has 27 heavy (non-hydrogen) atoms. The lowest BCUT2D eigenvalue weighted by Gasteiger charge is -2.32. The summed E-state index contributed by atoms with van der Waals surface area (Å²) in [5, 5.41) is 0.771. The van der Waals surface area contributed by atoms with Crippen LogP contribution in [0.4, 0.5) is 0 Å². The minimum Gasteiger partial charge on any atom is -0.369 e. The number of aryl methyl sites for hydroxylation is 1. The second kappa shape index (κ2) is 7.99. The average Bonchev–Trinajstić information content (AvgIpc) is 3.12. The van der Waals surface area contributed by atoms with E-state index in [-0.39, 0.29) is 11.9 Å². The summed E-state index contributed by atoms with van der Waals surface area (Å²) >= 11 is 6.33. The van der Waals surface area contributed by atoms with Gasteiger partial charge in [-0.3, -0.25) is 9.78 Å². The molecule has 1 amide bonds. The average molecular weight is 387 g/mol. The van der Waals surface area contributed by atoms with E-state index in [0.29, 0.717) is 0 Å². The van der Waals surface area contributed by atoms with Crippen molar-refractivity contribution >= 4 is 17.5 Å². The summed E-state index contributed by atoms with van der Waals surface area (Å²) in [6.07, 6.45) is 2.65. The molecular formula is C22H27ClN2O2. The zero-order valence-electron chi connectivity index (χ0n) is 16.5. The fourth-order valence-corrected chi connectivity index (χ4v) is 3.86. The van der Waals surface area contributed by atoms with Gasteiger partial charge in [0.05, 0.1) is 11.7 Å². The van der Waals surface area contributed by atoms with E-state index in [1.807, 2.05) is 49.9 Å². The summed E-state index contributed by atoms with van der Waals surface area (Å²) in [6.45, 7) is 6.37. The largest absolute Gasteiger partial charge is 0.369 e. The first kappa shape index (κ1) is 19.8. The van der Waals surface area contributed by atoms with Crippen LogP contribution in [0.2, 0.25) is 5.02 Å². The third-order valence-electron chi connectivity index (χ3n) is 5.27. The SMILES string of the molecule is COC(C)(C)C(=O)N1CCC[C@@H]1c1cc(Cc2ccccc2Cl)cc(C)n1. The molecule has 0 radical (unpaired) electrons. The van der Waals surface area contributed by atoms with E-state index < -0.39 is 5.60 Å². The van der Waals surface area contributed by atoms with Gasteiger partial charge < -0.3 is 9.64 Å². The third-order valence-corrected chi connectivity index (χ3v) is 5.63. The summed E-state index contributed by atoms with van der Waals surface area (Å²) in [5.74, 6) is 0.0171. The normalized spacial score (nSPS) is 17.4. The molecule has 0 N–H and O–H groups in total. The van der Waals surface area contributed by atoms with Crippen LogP contribution in [0.3, 0.4) is 0 Å². The number of halogens is 1. The molecule has 144 valence electrons. The number of likely N-dealkylation sites (tertiary alicyclic amines) is 1. The van der Waals surface area contributed by atoms with Gasteiger partial charge in [-0.2, -0.15) is 0 Å². The Kier molecular flexibility index (Phi) is 5.87. The summed E-state index contributed by atoms with van der Waals surface area (Å²) in [6, 6.07) is 12.1. The smallest absolute Gasteiger partial charge is 0.254 e. The van der Waals surface area contributed by atoms with Crippen molar-refractivity contribution in [3.05, 3.63) is 63.9 Å². The highest BCUT2D eigenvalue weighted by molar-refractivity contribution is 6.31. The summed E-state index contributed by atoms with van der Waals surface area (Å²) in [4.78, 5) is 19.6. The maximum Gasteiger partial charge on any atom is 0.254 e. The number of carbonyl (C=O) groups is 1. The fraction of sp³-hybridized carbons (Fsp3) is 0.455. The van der Waals surface area contributed by atoms with Crippen molar-refractivity contribution in [2.45, 2.75) is 51.7 Å². The topological polar surface area (TPSA) is 42.4 Å². The molecule has 0 bridgehead atoms. The van der Waals surface area contributed by atoms with Gasteiger partial charge in [0.1, 0.15) is 5.60 Å². The number of aromatic nitrogens is 1. The Hall–Kier alpha value is -1.91. The number of methoxy groups -OCH3 is 1. The predicted octanol–water partition coefficient (Wildman–Crippen LogP) is 4.72. The third kappa shape index (κ3) is 4.33. The van der Waals surface area contributed by atoms with Gasteiger partial charge in [-0.25, -0.2) is 0 Å². The van der Waals surface area contributed by atoms with Crippen LogP contribution in [-0.4, -0.2) is 35.0 Å². The first-order valence-electron chi connectivity index (χ1n) is 9.39. The van der Waals surface area contributed by atoms with E-state index in [4.69, 9.17) is 21.3 Å². The summed E-state index contributed by atoms with van der Waals surface area (Å²) in [7, 11) is 1.58. The van der Waals surface area contributed by atoms with Crippen LogP contribution in [0.25, 0.3) is 0 Å². The van der Waals surface area contributed by atoms with Crippen molar-refractivity contribution in [1.82, 2.24) is 9.88 Å². The molecule has 1 aliphatic rings. The Balaban J connectivity index is 1.89. The molecule has 2 aromatic rings. The fourth-order valence-electron chi connectivity index (χ4n) is 3.65. The molecule has 1 fully saturated rings. The number of nitrogens with zero attached hydrogens (tertiary/aromatic N) is 2. The molecule has 1 saturated heterocycles. The van der Waals surface area contributed by atoms with Crippen LogP contribution in [0.1, 0.15) is 55.2 Å². The lowest BCUT2D eigenvalue weighted by atomic mass is 10.0. The lowest BCUT2D eigenvalue weighted by molar-refractivity contribution is -0.152. The molecule has 0 unspecified atom stereocenters. The van der Waals surface area contributed by atoms with E-state index >= 15 is 0 Å². The molecular weight excluding hydrogens is 360 g/mol. The van der Waals surface area contributed by atoms with Gasteiger partial charge in [0.15, 0.2) is 0 Å². The quantitative estimate of drug-likeness (QED) is 0.746. The van der Waals surface area contributed by atoms with Gasteiger partial charge in [-0.1, -0.05) is 29.8 Å². The van der Waals surface area contributed by atoms with Gasteiger partial charge >= 0.3 is 0 Å². The Bertz CT molecular complexity index is 835. The van der Waals surface area contributed by atoms with Crippen molar-refractivity contribution in [1.29, 1.82) is 0 Å². The number of benzene rings is 1. The maximum atomic E-state index is 12.9. The monoisotopic (exact) mass is 386 g/mol. The van der Waals surface area contributed by atoms with Crippen molar-refractivity contribution < 1.29 is 9.53 Å². The predicted molar refractivity (Wildman–Crippen MR) is 108 cm³/mol. The van der Waals surface area contributed by atoms with Gasteiger partial charge in [0, 0.05) is 24.4 Å². The Morgan fingerprint density at radius 3 is 2.78 bits per heavy atom. The molecule has 0 spiro atoms. The van der Waals surface area contributed by atoms with Crippen LogP contribution in [0.5, 0.6) is 0 Å². The van der Waals surface area contributed by atoms with Crippen molar-refractivity contribution in [3.8, 4) is 0 Å². The van der Waals surface area contributed by atoms with E-state index in [0.717, 1.165) is 53.3 Å². The molecule has 0 aliphatic carbocycles. The molecule has 3 rings (SSSR count). The number of amides is 1. The Morgan fingerprint density at radius 1 is 1.33 bits per heavy atom. The number of pyridine rings is 1. The molecule has 5 heteroatoms. The van der Waals surface area contributed by atoms with Crippen LogP contribution >= 0.6 is 11.6 Å². The summed E-state index contributed by atoms with van der Waals surface area (Å²) < 4.78 is 5.41. The number of hydrogen-bond acceptors (Lipinski definition) is 3. The zero-order chi connectivity index (χ0) is 19.6. The zero-order valence-corrected chi connectivity index (χ0v) is 17.2. The van der Waals surface area contributed by atoms with Gasteiger partial charge in [0.25, 0.3) is 5.91 Å². The van der Waals surface area contributed by atoms with Crippen LogP contribution in [0.15, 0.2) is 36.4 Å². The molecule has 1 aromatic carbocycles. The molecule has 1 atom stereocenters. The summed E-state index contributed by atoms with van der Waals surface area (Å²) in [5.41, 5.74) is 3.34. The van der Waals surface area contributed by atoms with Crippen molar-refractivity contribution in [2.24, 2.45) is 0 Å². The highest BCUT2D eigenvalue weighted by Crippen LogP contribution is 2.34. The molecule has 1 aliphatic heterocycles. The Labute approximate surface area is 166 Å². The van der Waals surface area contributed by atoms with Crippen molar-refractivity contribution in [3.63, 3.8) is 0 Å². The van der Waals surface area contributed by atoms with E-state index in [2.05, 4.69) is 12.1 Å². The Morgan fingerprint density at radius 2 is 2.07 bits per heavy atom. The molecule has 2 heterocycles. The highest BCUT2D eigenvalue weighted by atomic mass is 35.5. The second-order valence-electron chi connectivity index (χ2n) is 7.68. The number of carbonyl (C=O) groups excluding carboxylic acids is 1. The maximum absolute atomic E-state index is 12.9. The first-order chi connectivity index (χ1) is 12.8. The van der Waals surface area contributed by atoms with Crippen LogP contribution in [-0.2, 0) is 16.0 Å². The minimum atomic E-state index is -0.827. The van der Waals surface area contributed by atoms with E-state index in [1.54, 1.807) is 7.11 Å². The molecule has 0 saturated carbocycles. The number of rotatable bonds is 5. The molecule has 4 nitrogen and oxygen atoms in total. The standard InChI is InChI=1S/C22H27ClN2O2/c1-15-12-16(13-17-8-5-6-9-18(17)23)14-19(24-15)20-10-7-11-25(20)21(26)22(2,3)27-4/h5-6,8-9,12,14,20H,7,10-11,13H2,1-4H3/t20-/m1/s1. The number of ether oxygens (including phenoxy) is 1. The second-order valence-corrected chi connectivity index (χ2v) is 8.09. The van der Waals surface area contributed by atoms with E-state index in [9.17, 15) is 4.79 Å². The highest BCUT2D eigenvalue weighted by Gasteiger charge is 2.39. The van der Waals surface area contributed by atoms with E-state index in [1.165, 1.54) is 0 Å². The minimum absolute atomic E-state index is 0.00294. The van der Waals surface area contributed by atoms with Gasteiger partial charge in [-0.05, 0) is 69.4 Å². The van der Waals surface area contributed by atoms with Gasteiger partial charge in [0.2, 0.25) is 0 Å².